The number of hydrogen-bond acceptors (Lipinski definition) is 5. The molecule has 3 aromatic rings. The van der Waals surface area contributed by atoms with Crippen molar-refractivity contribution in [3.8, 4) is 11.1 Å². The van der Waals surface area contributed by atoms with Gasteiger partial charge in [-0.25, -0.2) is 4.98 Å². The van der Waals surface area contributed by atoms with Gasteiger partial charge in [0.05, 0.1) is 16.4 Å². The van der Waals surface area contributed by atoms with Gasteiger partial charge in [0.2, 0.25) is 0 Å². The van der Waals surface area contributed by atoms with Crippen molar-refractivity contribution >= 4 is 26.7 Å². The maximum atomic E-state index is 4.80. The highest BCUT2D eigenvalue weighted by Crippen LogP contribution is 2.34. The van der Waals surface area contributed by atoms with Crippen LogP contribution in [0.15, 0.2) is 30.6 Å². The summed E-state index contributed by atoms with van der Waals surface area (Å²) in [5.41, 5.74) is 3.44. The van der Waals surface area contributed by atoms with Crippen LogP contribution in [0.2, 0.25) is 0 Å². The van der Waals surface area contributed by atoms with Gasteiger partial charge < -0.3 is 9.80 Å². The molecule has 0 radical (unpaired) electrons. The summed E-state index contributed by atoms with van der Waals surface area (Å²) in [7, 11) is 4.14. The van der Waals surface area contributed by atoms with Crippen molar-refractivity contribution in [3.05, 3.63) is 30.6 Å². The highest BCUT2D eigenvalue weighted by molar-refractivity contribution is 7.22. The number of fused-ring (bicyclic) bond motifs is 1. The number of aromatic nitrogens is 3. The summed E-state index contributed by atoms with van der Waals surface area (Å²) >= 11 is 1.79. The molecular weight excluding hydrogens is 306 g/mol. The SMILES string of the molecule is CCN(C)C1CN(c2nc3ccc(-c4cnn(C)c4)cc3s2)C1. The minimum absolute atomic E-state index is 0.665. The van der Waals surface area contributed by atoms with Crippen LogP contribution in [-0.2, 0) is 7.05 Å². The topological polar surface area (TPSA) is 37.2 Å². The first-order valence-electron chi connectivity index (χ1n) is 7.99. The van der Waals surface area contributed by atoms with E-state index < -0.39 is 0 Å². The molecule has 0 amide bonds. The largest absolute Gasteiger partial charge is 0.345 e. The Morgan fingerprint density at radius 2 is 2.13 bits per heavy atom. The van der Waals surface area contributed by atoms with E-state index in [-0.39, 0.29) is 0 Å². The third kappa shape index (κ3) is 2.62. The van der Waals surface area contributed by atoms with E-state index in [9.17, 15) is 0 Å². The van der Waals surface area contributed by atoms with E-state index in [0.29, 0.717) is 6.04 Å². The first-order valence-corrected chi connectivity index (χ1v) is 8.80. The first-order chi connectivity index (χ1) is 11.1. The number of hydrogen-bond donors (Lipinski definition) is 0. The molecule has 5 nitrogen and oxygen atoms in total. The molecule has 1 aliphatic rings. The maximum absolute atomic E-state index is 4.80. The molecule has 6 heteroatoms. The van der Waals surface area contributed by atoms with Crippen molar-refractivity contribution in [1.82, 2.24) is 19.7 Å². The molecule has 0 saturated carbocycles. The standard InChI is InChI=1S/C17H21N5S/c1-4-20(2)14-10-22(11-14)17-19-15-6-5-12(7-16(15)23-17)13-8-18-21(3)9-13/h5-9,14H,4,10-11H2,1-3H3. The summed E-state index contributed by atoms with van der Waals surface area (Å²) in [6, 6.07) is 7.14. The van der Waals surface area contributed by atoms with Crippen molar-refractivity contribution < 1.29 is 0 Å². The number of rotatable bonds is 4. The molecule has 1 saturated heterocycles. The molecule has 0 bridgehead atoms. The minimum Gasteiger partial charge on any atom is -0.345 e. The van der Waals surface area contributed by atoms with E-state index in [2.05, 4.69) is 47.1 Å². The predicted molar refractivity (Wildman–Crippen MR) is 96.1 cm³/mol. The summed E-state index contributed by atoms with van der Waals surface area (Å²) < 4.78 is 3.08. The van der Waals surface area contributed by atoms with Crippen molar-refractivity contribution in [1.29, 1.82) is 0 Å². The minimum atomic E-state index is 0.665. The molecule has 4 rings (SSSR count). The molecule has 0 N–H and O–H groups in total. The van der Waals surface area contributed by atoms with Crippen LogP contribution in [0.4, 0.5) is 5.13 Å². The highest BCUT2D eigenvalue weighted by atomic mass is 32.1. The molecule has 0 atom stereocenters. The van der Waals surface area contributed by atoms with Gasteiger partial charge in [0.15, 0.2) is 5.13 Å². The number of thiazole rings is 1. The van der Waals surface area contributed by atoms with Crippen LogP contribution in [0.3, 0.4) is 0 Å². The van der Waals surface area contributed by atoms with Crippen molar-refractivity contribution in [3.63, 3.8) is 0 Å². The van der Waals surface area contributed by atoms with Gasteiger partial charge in [-0.1, -0.05) is 24.3 Å². The van der Waals surface area contributed by atoms with Gasteiger partial charge in [0.25, 0.3) is 0 Å². The third-order valence-electron chi connectivity index (χ3n) is 4.67. The molecule has 2 aromatic heterocycles. The summed E-state index contributed by atoms with van der Waals surface area (Å²) in [5, 5.41) is 5.40. The Kier molecular flexibility index (Phi) is 3.58. The summed E-state index contributed by atoms with van der Waals surface area (Å²) in [4.78, 5) is 9.59. The molecule has 120 valence electrons. The monoisotopic (exact) mass is 327 g/mol. The molecule has 0 aliphatic carbocycles. The van der Waals surface area contributed by atoms with E-state index in [0.717, 1.165) is 35.8 Å². The third-order valence-corrected chi connectivity index (χ3v) is 5.75. The number of anilines is 1. The van der Waals surface area contributed by atoms with Crippen LogP contribution in [0.25, 0.3) is 21.3 Å². The lowest BCUT2D eigenvalue weighted by Gasteiger charge is -2.43. The fourth-order valence-electron chi connectivity index (χ4n) is 2.95. The molecule has 1 fully saturated rings. The normalized spacial score (nSPS) is 15.6. The molecule has 23 heavy (non-hydrogen) atoms. The van der Waals surface area contributed by atoms with E-state index in [1.54, 1.807) is 11.3 Å². The van der Waals surface area contributed by atoms with E-state index in [4.69, 9.17) is 4.98 Å². The average Bonchev–Trinajstić information content (AvgIpc) is 3.10. The highest BCUT2D eigenvalue weighted by Gasteiger charge is 2.31. The molecule has 1 aromatic carbocycles. The Bertz CT molecular complexity index is 830. The number of likely N-dealkylation sites (N-methyl/N-ethyl adjacent to an activating group) is 1. The van der Waals surface area contributed by atoms with Gasteiger partial charge in [0, 0.05) is 37.9 Å². The maximum Gasteiger partial charge on any atom is 0.186 e. The Morgan fingerprint density at radius 3 is 2.83 bits per heavy atom. The van der Waals surface area contributed by atoms with Crippen molar-refractivity contribution in [2.75, 3.05) is 31.6 Å². The molecule has 0 spiro atoms. The molecule has 3 heterocycles. The Labute approximate surface area is 140 Å². The van der Waals surface area contributed by atoms with Gasteiger partial charge in [0.1, 0.15) is 0 Å². The second kappa shape index (κ2) is 5.62. The average molecular weight is 327 g/mol. The van der Waals surface area contributed by atoms with Crippen LogP contribution in [0.1, 0.15) is 6.92 Å². The lowest BCUT2D eigenvalue weighted by molar-refractivity contribution is 0.215. The van der Waals surface area contributed by atoms with Crippen LogP contribution in [0.5, 0.6) is 0 Å². The van der Waals surface area contributed by atoms with E-state index in [1.807, 2.05) is 24.1 Å². The van der Waals surface area contributed by atoms with Gasteiger partial charge in [-0.05, 0) is 31.3 Å². The molecule has 0 unspecified atom stereocenters. The zero-order valence-electron chi connectivity index (χ0n) is 13.7. The predicted octanol–water partition coefficient (Wildman–Crippen LogP) is 2.84. The van der Waals surface area contributed by atoms with E-state index in [1.165, 1.54) is 10.3 Å². The number of nitrogens with zero attached hydrogens (tertiary/aromatic N) is 5. The molecule has 1 aliphatic heterocycles. The van der Waals surface area contributed by atoms with Crippen molar-refractivity contribution in [2.45, 2.75) is 13.0 Å². The summed E-state index contributed by atoms with van der Waals surface area (Å²) in [6.45, 7) is 5.48. The van der Waals surface area contributed by atoms with Crippen LogP contribution in [-0.4, -0.2) is 52.4 Å². The van der Waals surface area contributed by atoms with E-state index >= 15 is 0 Å². The molecular formula is C17H21N5S. The van der Waals surface area contributed by atoms with Gasteiger partial charge >= 0.3 is 0 Å². The number of aryl methyl sites for hydroxylation is 1. The Hall–Kier alpha value is -1.92. The van der Waals surface area contributed by atoms with Crippen LogP contribution < -0.4 is 4.90 Å². The lowest BCUT2D eigenvalue weighted by atomic mass is 10.1. The lowest BCUT2D eigenvalue weighted by Crippen LogP contribution is -2.58. The smallest absolute Gasteiger partial charge is 0.186 e. The summed E-state index contributed by atoms with van der Waals surface area (Å²) in [6.07, 6.45) is 3.95. The van der Waals surface area contributed by atoms with Gasteiger partial charge in [-0.3, -0.25) is 4.68 Å². The Balaban J connectivity index is 1.57. The second-order valence-electron chi connectivity index (χ2n) is 6.21. The first kappa shape index (κ1) is 14.7. The van der Waals surface area contributed by atoms with Gasteiger partial charge in [-0.2, -0.15) is 5.10 Å². The number of benzene rings is 1. The van der Waals surface area contributed by atoms with Crippen molar-refractivity contribution in [2.24, 2.45) is 7.05 Å². The zero-order valence-corrected chi connectivity index (χ0v) is 14.5. The fraction of sp³-hybridized carbons (Fsp3) is 0.412. The van der Waals surface area contributed by atoms with Crippen LogP contribution in [0, 0.1) is 0 Å². The second-order valence-corrected chi connectivity index (χ2v) is 7.22. The summed E-state index contributed by atoms with van der Waals surface area (Å²) in [5.74, 6) is 0. The van der Waals surface area contributed by atoms with Gasteiger partial charge in [-0.15, -0.1) is 0 Å². The quantitative estimate of drug-likeness (QED) is 0.738. The van der Waals surface area contributed by atoms with Crippen LogP contribution >= 0.6 is 11.3 Å². The zero-order chi connectivity index (χ0) is 16.0. The fourth-order valence-corrected chi connectivity index (χ4v) is 3.97. The Morgan fingerprint density at radius 1 is 1.30 bits per heavy atom.